The SMILES string of the molecule is CCOC(=O)C1=C(C)N=c2s/c(=C/c3ccc(OCc4ccc(C(=O)O)cc4)c(OCC)c3)c(=O)n2[C@@H]1c1ccc(C)cc1. The van der Waals surface area contributed by atoms with Crippen LogP contribution in [0, 0.1) is 6.92 Å². The smallest absolute Gasteiger partial charge is 0.338 e. The second-order valence-electron chi connectivity index (χ2n) is 10.1. The molecule has 1 aliphatic heterocycles. The lowest BCUT2D eigenvalue weighted by atomic mass is 9.95. The number of carbonyl (C=O) groups excluding carboxylic acids is 1. The average molecular weight is 613 g/mol. The molecular formula is C34H32N2O7S. The topological polar surface area (TPSA) is 116 Å². The molecule has 0 aliphatic carbocycles. The Hall–Kier alpha value is -4.96. The van der Waals surface area contributed by atoms with Crippen molar-refractivity contribution < 1.29 is 28.9 Å². The normalized spacial score (nSPS) is 14.5. The molecule has 5 rings (SSSR count). The fraction of sp³-hybridized carbons (Fsp3) is 0.235. The number of fused-ring (bicyclic) bond motifs is 1. The van der Waals surface area contributed by atoms with Crippen LogP contribution < -0.4 is 24.4 Å². The summed E-state index contributed by atoms with van der Waals surface area (Å²) in [4.78, 5) is 43.3. The Bertz CT molecular complexity index is 1920. The van der Waals surface area contributed by atoms with E-state index >= 15 is 0 Å². The summed E-state index contributed by atoms with van der Waals surface area (Å²) < 4.78 is 19.2. The first-order valence-electron chi connectivity index (χ1n) is 14.2. The molecule has 4 aromatic rings. The van der Waals surface area contributed by atoms with E-state index in [1.807, 2.05) is 44.2 Å². The Balaban J connectivity index is 1.51. The first kappa shape index (κ1) is 30.5. The molecule has 0 bridgehead atoms. The van der Waals surface area contributed by atoms with E-state index in [0.717, 1.165) is 22.3 Å². The molecule has 1 aromatic heterocycles. The van der Waals surface area contributed by atoms with Gasteiger partial charge in [-0.2, -0.15) is 0 Å². The number of esters is 1. The van der Waals surface area contributed by atoms with Gasteiger partial charge in [-0.25, -0.2) is 14.6 Å². The van der Waals surface area contributed by atoms with Crippen molar-refractivity contribution in [2.45, 2.75) is 40.3 Å². The van der Waals surface area contributed by atoms with E-state index < -0.39 is 18.0 Å². The molecule has 0 unspecified atom stereocenters. The summed E-state index contributed by atoms with van der Waals surface area (Å²) in [5.41, 5.74) is 4.18. The highest BCUT2D eigenvalue weighted by atomic mass is 32.1. The number of aromatic nitrogens is 1. The molecule has 1 aliphatic rings. The molecule has 0 spiro atoms. The summed E-state index contributed by atoms with van der Waals surface area (Å²) >= 11 is 1.25. The molecule has 9 nitrogen and oxygen atoms in total. The van der Waals surface area contributed by atoms with Crippen molar-refractivity contribution in [3.8, 4) is 11.5 Å². The molecule has 0 saturated carbocycles. The van der Waals surface area contributed by atoms with Crippen LogP contribution in [0.3, 0.4) is 0 Å². The first-order chi connectivity index (χ1) is 21.2. The van der Waals surface area contributed by atoms with E-state index in [1.54, 1.807) is 48.8 Å². The van der Waals surface area contributed by atoms with Crippen LogP contribution in [0.15, 0.2) is 87.8 Å². The second kappa shape index (κ2) is 13.1. The van der Waals surface area contributed by atoms with Gasteiger partial charge >= 0.3 is 11.9 Å². The number of carboxylic acid groups (broad SMARTS) is 1. The Kier molecular flexibility index (Phi) is 9.10. The summed E-state index contributed by atoms with van der Waals surface area (Å²) in [5, 5.41) is 9.12. The number of hydrogen-bond donors (Lipinski definition) is 1. The minimum atomic E-state index is -0.987. The fourth-order valence-electron chi connectivity index (χ4n) is 4.91. The van der Waals surface area contributed by atoms with Gasteiger partial charge in [-0.1, -0.05) is 59.4 Å². The largest absolute Gasteiger partial charge is 0.490 e. The van der Waals surface area contributed by atoms with Gasteiger partial charge in [-0.15, -0.1) is 0 Å². The number of carbonyl (C=O) groups is 2. The lowest BCUT2D eigenvalue weighted by Gasteiger charge is -2.24. The molecule has 44 heavy (non-hydrogen) atoms. The van der Waals surface area contributed by atoms with Crippen LogP contribution in [0.5, 0.6) is 11.5 Å². The number of rotatable bonds is 10. The molecule has 10 heteroatoms. The number of ether oxygens (including phenoxy) is 3. The van der Waals surface area contributed by atoms with Crippen LogP contribution in [0.4, 0.5) is 0 Å². The molecule has 0 saturated heterocycles. The standard InChI is InChI=1S/C34H32N2O7S/c1-5-41-27-17-23(11-16-26(27)43-19-22-9-14-25(15-10-22)32(38)39)18-28-31(37)36-30(24-12-7-20(3)8-13-24)29(33(40)42-6-2)21(4)35-34(36)44-28/h7-18,30H,5-6,19H2,1-4H3,(H,38,39)/b28-18+/t30-/m1/s1. The first-order valence-corrected chi connectivity index (χ1v) is 15.0. The van der Waals surface area contributed by atoms with Crippen LogP contribution in [0.2, 0.25) is 0 Å². The Labute approximate surface area is 258 Å². The molecule has 226 valence electrons. The maximum Gasteiger partial charge on any atom is 0.338 e. The van der Waals surface area contributed by atoms with Gasteiger partial charge < -0.3 is 19.3 Å². The van der Waals surface area contributed by atoms with Crippen LogP contribution >= 0.6 is 11.3 Å². The number of aryl methyl sites for hydroxylation is 1. The highest BCUT2D eigenvalue weighted by Gasteiger charge is 2.33. The van der Waals surface area contributed by atoms with E-state index in [1.165, 1.54) is 23.5 Å². The number of thiazole rings is 1. The van der Waals surface area contributed by atoms with Gasteiger partial charge in [0.1, 0.15) is 6.61 Å². The summed E-state index contributed by atoms with van der Waals surface area (Å²) in [6.45, 7) is 8.19. The molecule has 1 atom stereocenters. The molecule has 2 heterocycles. The Morgan fingerprint density at radius 3 is 2.34 bits per heavy atom. The number of benzene rings is 3. The fourth-order valence-corrected chi connectivity index (χ4v) is 5.96. The third kappa shape index (κ3) is 6.35. The molecule has 0 fully saturated rings. The number of hydrogen-bond acceptors (Lipinski definition) is 8. The van der Waals surface area contributed by atoms with E-state index in [2.05, 4.69) is 4.99 Å². The minimum absolute atomic E-state index is 0.204. The highest BCUT2D eigenvalue weighted by Crippen LogP contribution is 2.32. The lowest BCUT2D eigenvalue weighted by molar-refractivity contribution is -0.139. The van der Waals surface area contributed by atoms with E-state index in [9.17, 15) is 14.4 Å². The molecular weight excluding hydrogens is 580 g/mol. The molecule has 0 radical (unpaired) electrons. The maximum absolute atomic E-state index is 13.9. The Morgan fingerprint density at radius 1 is 0.955 bits per heavy atom. The van der Waals surface area contributed by atoms with Crippen molar-refractivity contribution in [3.63, 3.8) is 0 Å². The third-order valence-electron chi connectivity index (χ3n) is 7.07. The van der Waals surface area contributed by atoms with E-state index in [-0.39, 0.29) is 24.3 Å². The molecule has 3 aromatic carbocycles. The van der Waals surface area contributed by atoms with Crippen LogP contribution in [0.1, 0.15) is 59.4 Å². The minimum Gasteiger partial charge on any atom is -0.490 e. The van der Waals surface area contributed by atoms with Crippen LogP contribution in [-0.2, 0) is 16.1 Å². The van der Waals surface area contributed by atoms with Crippen molar-refractivity contribution in [2.75, 3.05) is 13.2 Å². The number of nitrogens with zero attached hydrogens (tertiary/aromatic N) is 2. The van der Waals surface area contributed by atoms with Gasteiger partial charge in [0, 0.05) is 0 Å². The number of aromatic carboxylic acids is 1. The number of allylic oxidation sites excluding steroid dienone is 1. The zero-order valence-electron chi connectivity index (χ0n) is 24.8. The van der Waals surface area contributed by atoms with Crippen LogP contribution in [-0.4, -0.2) is 34.8 Å². The van der Waals surface area contributed by atoms with Crippen molar-refractivity contribution in [2.24, 2.45) is 4.99 Å². The van der Waals surface area contributed by atoms with Crippen molar-refractivity contribution >= 4 is 29.4 Å². The summed E-state index contributed by atoms with van der Waals surface area (Å²) in [7, 11) is 0. The van der Waals surface area contributed by atoms with Crippen molar-refractivity contribution in [3.05, 3.63) is 126 Å². The summed E-state index contributed by atoms with van der Waals surface area (Å²) in [5.74, 6) is -0.460. The predicted octanol–water partition coefficient (Wildman–Crippen LogP) is 4.78. The quantitative estimate of drug-likeness (QED) is 0.256. The van der Waals surface area contributed by atoms with Gasteiger partial charge in [0.2, 0.25) is 0 Å². The van der Waals surface area contributed by atoms with Gasteiger partial charge in [0.05, 0.1) is 40.6 Å². The average Bonchev–Trinajstić information content (AvgIpc) is 3.30. The second-order valence-corrected chi connectivity index (χ2v) is 11.2. The zero-order valence-corrected chi connectivity index (χ0v) is 25.6. The van der Waals surface area contributed by atoms with E-state index in [0.29, 0.717) is 38.7 Å². The zero-order chi connectivity index (χ0) is 31.4. The van der Waals surface area contributed by atoms with Gasteiger partial charge in [-0.05, 0) is 74.7 Å². The maximum atomic E-state index is 13.9. The van der Waals surface area contributed by atoms with Crippen molar-refractivity contribution in [1.29, 1.82) is 0 Å². The monoisotopic (exact) mass is 612 g/mol. The molecule has 1 N–H and O–H groups in total. The number of carboxylic acids is 1. The van der Waals surface area contributed by atoms with Crippen molar-refractivity contribution in [1.82, 2.24) is 4.57 Å². The third-order valence-corrected chi connectivity index (χ3v) is 8.05. The van der Waals surface area contributed by atoms with E-state index in [4.69, 9.17) is 19.3 Å². The van der Waals surface area contributed by atoms with Gasteiger partial charge in [0.15, 0.2) is 16.3 Å². The van der Waals surface area contributed by atoms with Crippen LogP contribution in [0.25, 0.3) is 6.08 Å². The predicted molar refractivity (Wildman–Crippen MR) is 167 cm³/mol. The van der Waals surface area contributed by atoms with Gasteiger partial charge in [-0.3, -0.25) is 9.36 Å². The highest BCUT2D eigenvalue weighted by molar-refractivity contribution is 7.07. The summed E-state index contributed by atoms with van der Waals surface area (Å²) in [6.07, 6.45) is 1.77. The van der Waals surface area contributed by atoms with Gasteiger partial charge in [0.25, 0.3) is 5.56 Å². The summed E-state index contributed by atoms with van der Waals surface area (Å²) in [6, 6.07) is 19.0. The molecule has 0 amide bonds. The lowest BCUT2D eigenvalue weighted by Crippen LogP contribution is -2.39. The Morgan fingerprint density at radius 2 is 1.68 bits per heavy atom.